The monoisotopic (exact) mass is 340 g/mol. The number of hydrogen-bond acceptors (Lipinski definition) is 3. The third-order valence-electron chi connectivity index (χ3n) is 4.47. The number of ketones is 1. The van der Waals surface area contributed by atoms with Gasteiger partial charge in [0.05, 0.1) is 5.92 Å². The molecule has 0 aliphatic carbocycles. The van der Waals surface area contributed by atoms with E-state index in [2.05, 4.69) is 10.6 Å². The molecule has 0 amide bonds. The molecular formula is C19H20N2O2S. The highest BCUT2D eigenvalue weighted by molar-refractivity contribution is 7.80. The van der Waals surface area contributed by atoms with Gasteiger partial charge in [-0.1, -0.05) is 67.6 Å². The smallest absolute Gasteiger partial charge is 0.175 e. The van der Waals surface area contributed by atoms with Gasteiger partial charge < -0.3 is 15.7 Å². The number of nitrogens with one attached hydrogen (secondary N) is 2. The average molecular weight is 340 g/mol. The Kier molecular flexibility index (Phi) is 4.64. The summed E-state index contributed by atoms with van der Waals surface area (Å²) in [5.41, 5.74) is -0.342. The van der Waals surface area contributed by atoms with Crippen LogP contribution in [0.5, 0.6) is 0 Å². The van der Waals surface area contributed by atoms with Crippen LogP contribution in [0.3, 0.4) is 0 Å². The molecule has 1 fully saturated rings. The summed E-state index contributed by atoms with van der Waals surface area (Å²) in [6, 6.07) is 18.0. The van der Waals surface area contributed by atoms with E-state index in [1.807, 2.05) is 43.3 Å². The van der Waals surface area contributed by atoms with Crippen molar-refractivity contribution in [3.8, 4) is 0 Å². The summed E-state index contributed by atoms with van der Waals surface area (Å²) in [5, 5.41) is 17.9. The van der Waals surface area contributed by atoms with Gasteiger partial charge in [0.25, 0.3) is 0 Å². The molecule has 0 spiro atoms. The highest BCUT2D eigenvalue weighted by Gasteiger charge is 2.50. The summed E-state index contributed by atoms with van der Waals surface area (Å²) in [4.78, 5) is 13.2. The van der Waals surface area contributed by atoms with Crippen LogP contribution in [0.4, 0.5) is 0 Å². The van der Waals surface area contributed by atoms with Gasteiger partial charge in [0.2, 0.25) is 0 Å². The zero-order valence-corrected chi connectivity index (χ0v) is 14.2. The molecule has 3 unspecified atom stereocenters. The Balaban J connectivity index is 2.09. The molecule has 124 valence electrons. The van der Waals surface area contributed by atoms with E-state index in [0.29, 0.717) is 22.7 Å². The Morgan fingerprint density at radius 3 is 2.29 bits per heavy atom. The maximum absolute atomic E-state index is 13.2. The van der Waals surface area contributed by atoms with E-state index in [-0.39, 0.29) is 11.8 Å². The van der Waals surface area contributed by atoms with E-state index in [9.17, 15) is 9.90 Å². The molecule has 0 saturated carbocycles. The van der Waals surface area contributed by atoms with Crippen LogP contribution >= 0.6 is 12.2 Å². The van der Waals surface area contributed by atoms with Crippen LogP contribution in [-0.4, -0.2) is 22.0 Å². The standard InChI is InChI=1S/C19H20N2O2S/c1-2-15-16(17(22)13-9-5-3-6-10-13)19(23,21-18(24)20-15)14-11-7-4-8-12-14/h3-12,15-16,23H,2H2,1H3,(H2,20,21,24). The molecule has 4 nitrogen and oxygen atoms in total. The maximum atomic E-state index is 13.2. The number of benzene rings is 2. The minimum Gasteiger partial charge on any atom is -0.366 e. The highest BCUT2D eigenvalue weighted by Crippen LogP contribution is 2.35. The number of thiocarbonyl (C=S) groups is 1. The lowest BCUT2D eigenvalue weighted by molar-refractivity contribution is -0.0489. The second kappa shape index (κ2) is 6.71. The van der Waals surface area contributed by atoms with Crippen molar-refractivity contribution in [2.24, 2.45) is 5.92 Å². The molecule has 2 aromatic rings. The van der Waals surface area contributed by atoms with E-state index < -0.39 is 11.6 Å². The van der Waals surface area contributed by atoms with Gasteiger partial charge in [-0.2, -0.15) is 0 Å². The average Bonchev–Trinajstić information content (AvgIpc) is 2.62. The zero-order chi connectivity index (χ0) is 17.2. The molecule has 1 heterocycles. The van der Waals surface area contributed by atoms with Crippen LogP contribution in [0.2, 0.25) is 0 Å². The molecule has 3 N–H and O–H groups in total. The molecule has 0 radical (unpaired) electrons. The lowest BCUT2D eigenvalue weighted by Crippen LogP contribution is -2.67. The van der Waals surface area contributed by atoms with Crippen molar-refractivity contribution >= 4 is 23.1 Å². The summed E-state index contributed by atoms with van der Waals surface area (Å²) >= 11 is 5.26. The fourth-order valence-electron chi connectivity index (χ4n) is 3.27. The Bertz CT molecular complexity index is 736. The Hall–Kier alpha value is -2.24. The van der Waals surface area contributed by atoms with E-state index >= 15 is 0 Å². The van der Waals surface area contributed by atoms with Crippen LogP contribution in [-0.2, 0) is 5.72 Å². The van der Waals surface area contributed by atoms with Crippen LogP contribution in [0.15, 0.2) is 60.7 Å². The summed E-state index contributed by atoms with van der Waals surface area (Å²) < 4.78 is 0. The predicted molar refractivity (Wildman–Crippen MR) is 97.5 cm³/mol. The van der Waals surface area contributed by atoms with Crippen molar-refractivity contribution in [1.29, 1.82) is 0 Å². The summed E-state index contributed by atoms with van der Waals surface area (Å²) in [5.74, 6) is -0.810. The molecule has 1 aliphatic heterocycles. The summed E-state index contributed by atoms with van der Waals surface area (Å²) in [6.07, 6.45) is 0.667. The van der Waals surface area contributed by atoms with Crippen molar-refractivity contribution in [3.05, 3.63) is 71.8 Å². The second-order valence-electron chi connectivity index (χ2n) is 5.95. The first-order valence-electron chi connectivity index (χ1n) is 8.02. The lowest BCUT2D eigenvalue weighted by Gasteiger charge is -2.46. The number of carbonyl (C=O) groups is 1. The van der Waals surface area contributed by atoms with Crippen LogP contribution in [0.1, 0.15) is 29.3 Å². The van der Waals surface area contributed by atoms with Gasteiger partial charge in [-0.3, -0.25) is 4.79 Å². The van der Waals surface area contributed by atoms with Crippen LogP contribution < -0.4 is 10.6 Å². The quantitative estimate of drug-likeness (QED) is 0.590. The van der Waals surface area contributed by atoms with Crippen molar-refractivity contribution < 1.29 is 9.90 Å². The van der Waals surface area contributed by atoms with E-state index in [1.54, 1.807) is 24.3 Å². The highest BCUT2D eigenvalue weighted by atomic mass is 32.1. The number of rotatable bonds is 4. The Morgan fingerprint density at radius 2 is 1.71 bits per heavy atom. The van der Waals surface area contributed by atoms with Crippen LogP contribution in [0, 0.1) is 5.92 Å². The maximum Gasteiger partial charge on any atom is 0.175 e. The molecule has 5 heteroatoms. The van der Waals surface area contributed by atoms with Crippen LogP contribution in [0.25, 0.3) is 0 Å². The number of aliphatic hydroxyl groups is 1. The Labute approximate surface area is 146 Å². The predicted octanol–water partition coefficient (Wildman–Crippen LogP) is 2.59. The first-order chi connectivity index (χ1) is 11.6. The molecule has 3 atom stereocenters. The minimum absolute atomic E-state index is 0.115. The molecule has 2 aromatic carbocycles. The number of hydrogen-bond donors (Lipinski definition) is 3. The van der Waals surface area contributed by atoms with Crippen molar-refractivity contribution in [2.75, 3.05) is 0 Å². The minimum atomic E-state index is -1.54. The molecule has 1 saturated heterocycles. The normalized spacial score (nSPS) is 26.3. The van der Waals surface area contributed by atoms with Gasteiger partial charge in [-0.05, 0) is 18.6 Å². The van der Waals surface area contributed by atoms with Crippen molar-refractivity contribution in [3.63, 3.8) is 0 Å². The zero-order valence-electron chi connectivity index (χ0n) is 13.4. The topological polar surface area (TPSA) is 61.4 Å². The molecule has 1 aliphatic rings. The fraction of sp³-hybridized carbons (Fsp3) is 0.263. The third kappa shape index (κ3) is 2.92. The molecular weight excluding hydrogens is 320 g/mol. The van der Waals surface area contributed by atoms with Gasteiger partial charge in [0.1, 0.15) is 0 Å². The summed E-state index contributed by atoms with van der Waals surface area (Å²) in [7, 11) is 0. The van der Waals surface area contributed by atoms with E-state index in [4.69, 9.17) is 12.2 Å². The lowest BCUT2D eigenvalue weighted by atomic mass is 9.76. The van der Waals surface area contributed by atoms with Crippen molar-refractivity contribution in [2.45, 2.75) is 25.1 Å². The van der Waals surface area contributed by atoms with Gasteiger partial charge in [0, 0.05) is 17.2 Å². The number of Topliss-reactive ketones (excluding diaryl/α,β-unsaturated/α-hetero) is 1. The number of carbonyl (C=O) groups excluding carboxylic acids is 1. The van der Waals surface area contributed by atoms with Gasteiger partial charge >= 0.3 is 0 Å². The SMILES string of the molecule is CCC1NC(=S)NC(O)(c2ccccc2)C1C(=O)c1ccccc1. The van der Waals surface area contributed by atoms with E-state index in [1.165, 1.54) is 0 Å². The first kappa shape index (κ1) is 16.6. The third-order valence-corrected chi connectivity index (χ3v) is 4.69. The second-order valence-corrected chi connectivity index (χ2v) is 6.36. The molecule has 3 rings (SSSR count). The first-order valence-corrected chi connectivity index (χ1v) is 8.43. The summed E-state index contributed by atoms with van der Waals surface area (Å²) in [6.45, 7) is 1.97. The van der Waals surface area contributed by atoms with E-state index in [0.717, 1.165) is 0 Å². The van der Waals surface area contributed by atoms with Gasteiger partial charge in [-0.15, -0.1) is 0 Å². The Morgan fingerprint density at radius 1 is 1.12 bits per heavy atom. The largest absolute Gasteiger partial charge is 0.366 e. The molecule has 24 heavy (non-hydrogen) atoms. The molecule has 0 aromatic heterocycles. The van der Waals surface area contributed by atoms with Gasteiger partial charge in [0.15, 0.2) is 16.6 Å². The van der Waals surface area contributed by atoms with Gasteiger partial charge in [-0.25, -0.2) is 0 Å². The van der Waals surface area contributed by atoms with Crippen molar-refractivity contribution in [1.82, 2.24) is 10.6 Å². The molecule has 0 bridgehead atoms. The fourth-order valence-corrected chi connectivity index (χ4v) is 3.57.